The van der Waals surface area contributed by atoms with E-state index in [1.165, 1.54) is 0 Å². The Balaban J connectivity index is 1.95. The minimum atomic E-state index is 0.247. The number of aryl methyl sites for hydroxylation is 1. The van der Waals surface area contributed by atoms with Crippen LogP contribution < -0.4 is 5.73 Å². The summed E-state index contributed by atoms with van der Waals surface area (Å²) in [4.78, 5) is 4.43. The summed E-state index contributed by atoms with van der Waals surface area (Å²) in [5, 5.41) is 16.3. The summed E-state index contributed by atoms with van der Waals surface area (Å²) < 4.78 is 0. The van der Waals surface area contributed by atoms with Crippen LogP contribution in [0.2, 0.25) is 0 Å². The highest BCUT2D eigenvalue weighted by Crippen LogP contribution is 2.18. The second kappa shape index (κ2) is 6.16. The highest BCUT2D eigenvalue weighted by Gasteiger charge is 2.05. The van der Waals surface area contributed by atoms with Gasteiger partial charge in [0.1, 0.15) is 11.6 Å². The molecule has 0 aliphatic heterocycles. The number of H-pyrrole nitrogens is 1. The molecule has 1 aromatic carbocycles. The number of phenols is 1. The number of benzene rings is 1. The Kier molecular flexibility index (Phi) is 4.30. The summed E-state index contributed by atoms with van der Waals surface area (Å²) in [7, 11) is 0. The van der Waals surface area contributed by atoms with E-state index in [1.54, 1.807) is 24.3 Å². The second-order valence-corrected chi connectivity index (χ2v) is 4.25. The average molecular weight is 246 g/mol. The van der Waals surface area contributed by atoms with Crippen LogP contribution in [0.25, 0.3) is 11.4 Å². The number of nitrogens with one attached hydrogen (secondary N) is 1. The molecule has 1 aromatic heterocycles. The Morgan fingerprint density at radius 3 is 2.61 bits per heavy atom. The summed E-state index contributed by atoms with van der Waals surface area (Å²) in [5.74, 6) is 1.82. The maximum Gasteiger partial charge on any atom is 0.181 e. The molecular formula is C13H18N4O. The van der Waals surface area contributed by atoms with E-state index in [4.69, 9.17) is 5.73 Å². The lowest BCUT2D eigenvalue weighted by molar-refractivity contribution is 0.475. The minimum absolute atomic E-state index is 0.247. The number of aromatic amines is 1. The van der Waals surface area contributed by atoms with E-state index < -0.39 is 0 Å². The first kappa shape index (κ1) is 12.6. The van der Waals surface area contributed by atoms with Crippen molar-refractivity contribution >= 4 is 0 Å². The fourth-order valence-corrected chi connectivity index (χ4v) is 1.76. The quantitative estimate of drug-likeness (QED) is 0.679. The van der Waals surface area contributed by atoms with Crippen molar-refractivity contribution in [1.82, 2.24) is 15.2 Å². The predicted molar refractivity (Wildman–Crippen MR) is 70.1 cm³/mol. The van der Waals surface area contributed by atoms with Gasteiger partial charge in [0, 0.05) is 12.0 Å². The van der Waals surface area contributed by atoms with Gasteiger partial charge in [0.25, 0.3) is 0 Å². The van der Waals surface area contributed by atoms with Crippen molar-refractivity contribution in [3.8, 4) is 17.1 Å². The number of nitrogens with two attached hydrogens (primary N) is 1. The highest BCUT2D eigenvalue weighted by molar-refractivity contribution is 5.55. The molecule has 5 nitrogen and oxygen atoms in total. The Morgan fingerprint density at radius 2 is 1.89 bits per heavy atom. The summed E-state index contributed by atoms with van der Waals surface area (Å²) in [6.45, 7) is 0.745. The van der Waals surface area contributed by atoms with Crippen LogP contribution in [0.4, 0.5) is 0 Å². The number of aromatic nitrogens is 3. The van der Waals surface area contributed by atoms with Gasteiger partial charge in [0.15, 0.2) is 5.82 Å². The molecule has 0 saturated heterocycles. The van der Waals surface area contributed by atoms with Crippen LogP contribution in [0.1, 0.15) is 25.1 Å². The minimum Gasteiger partial charge on any atom is -0.508 e. The van der Waals surface area contributed by atoms with Gasteiger partial charge in [0.2, 0.25) is 0 Å². The molecule has 96 valence electrons. The molecule has 0 amide bonds. The molecule has 0 spiro atoms. The zero-order chi connectivity index (χ0) is 12.8. The number of phenolic OH excluding ortho intramolecular Hbond substituents is 1. The van der Waals surface area contributed by atoms with Crippen LogP contribution in [-0.4, -0.2) is 26.8 Å². The van der Waals surface area contributed by atoms with E-state index in [0.717, 1.165) is 43.6 Å². The zero-order valence-corrected chi connectivity index (χ0v) is 10.3. The number of rotatable bonds is 6. The summed E-state index contributed by atoms with van der Waals surface area (Å²) in [6, 6.07) is 6.87. The highest BCUT2D eigenvalue weighted by atomic mass is 16.3. The Bertz CT molecular complexity index is 478. The van der Waals surface area contributed by atoms with Crippen LogP contribution in [0.3, 0.4) is 0 Å². The number of hydrogen-bond donors (Lipinski definition) is 3. The third-order valence-electron chi connectivity index (χ3n) is 2.77. The lowest BCUT2D eigenvalue weighted by Gasteiger charge is -1.96. The average Bonchev–Trinajstić information content (AvgIpc) is 2.84. The van der Waals surface area contributed by atoms with E-state index in [9.17, 15) is 5.11 Å². The number of aromatic hydroxyl groups is 1. The van der Waals surface area contributed by atoms with Crippen molar-refractivity contribution in [2.24, 2.45) is 5.73 Å². The van der Waals surface area contributed by atoms with Crippen LogP contribution in [0.15, 0.2) is 24.3 Å². The molecule has 2 rings (SSSR count). The summed E-state index contributed by atoms with van der Waals surface area (Å²) >= 11 is 0. The van der Waals surface area contributed by atoms with Crippen molar-refractivity contribution < 1.29 is 5.11 Å². The topological polar surface area (TPSA) is 87.8 Å². The Hall–Kier alpha value is -1.88. The second-order valence-electron chi connectivity index (χ2n) is 4.25. The lowest BCUT2D eigenvalue weighted by atomic mass is 10.2. The third kappa shape index (κ3) is 3.30. The molecule has 0 aliphatic carbocycles. The first-order valence-electron chi connectivity index (χ1n) is 6.20. The Labute approximate surface area is 106 Å². The normalized spacial score (nSPS) is 10.7. The van der Waals surface area contributed by atoms with Gasteiger partial charge in [-0.05, 0) is 43.7 Å². The number of nitrogens with zero attached hydrogens (tertiary/aromatic N) is 2. The molecule has 0 aliphatic rings. The molecular weight excluding hydrogens is 228 g/mol. The zero-order valence-electron chi connectivity index (χ0n) is 10.3. The first-order valence-corrected chi connectivity index (χ1v) is 6.20. The molecule has 18 heavy (non-hydrogen) atoms. The van der Waals surface area contributed by atoms with Crippen molar-refractivity contribution in [3.05, 3.63) is 30.1 Å². The van der Waals surface area contributed by atoms with Crippen LogP contribution in [-0.2, 0) is 6.42 Å². The van der Waals surface area contributed by atoms with Crippen molar-refractivity contribution in [2.75, 3.05) is 6.54 Å². The van der Waals surface area contributed by atoms with Gasteiger partial charge < -0.3 is 10.8 Å². The SMILES string of the molecule is NCCCCCc1nc(-c2ccc(O)cc2)n[nH]1. The van der Waals surface area contributed by atoms with Gasteiger partial charge in [-0.1, -0.05) is 6.42 Å². The van der Waals surface area contributed by atoms with Crippen LogP contribution >= 0.6 is 0 Å². The Morgan fingerprint density at radius 1 is 1.11 bits per heavy atom. The van der Waals surface area contributed by atoms with E-state index in [0.29, 0.717) is 5.82 Å². The van der Waals surface area contributed by atoms with Gasteiger partial charge in [-0.15, -0.1) is 0 Å². The lowest BCUT2D eigenvalue weighted by Crippen LogP contribution is -1.98. The molecule has 0 bridgehead atoms. The van der Waals surface area contributed by atoms with E-state index in [2.05, 4.69) is 15.2 Å². The third-order valence-corrected chi connectivity index (χ3v) is 2.77. The van der Waals surface area contributed by atoms with Crippen molar-refractivity contribution in [2.45, 2.75) is 25.7 Å². The maximum absolute atomic E-state index is 9.22. The molecule has 2 aromatic rings. The standard InChI is InChI=1S/C13H18N4O/c14-9-3-1-2-4-12-15-13(17-16-12)10-5-7-11(18)8-6-10/h5-8,18H,1-4,9,14H2,(H,15,16,17). The van der Waals surface area contributed by atoms with Crippen LogP contribution in [0.5, 0.6) is 5.75 Å². The smallest absolute Gasteiger partial charge is 0.181 e. The number of hydrogen-bond acceptors (Lipinski definition) is 4. The largest absolute Gasteiger partial charge is 0.508 e. The van der Waals surface area contributed by atoms with Gasteiger partial charge in [0.05, 0.1) is 0 Å². The van der Waals surface area contributed by atoms with Crippen molar-refractivity contribution in [1.29, 1.82) is 0 Å². The van der Waals surface area contributed by atoms with E-state index in [1.807, 2.05) is 0 Å². The predicted octanol–water partition coefficient (Wildman–Crippen LogP) is 1.85. The molecule has 0 radical (unpaired) electrons. The molecule has 0 saturated carbocycles. The molecule has 4 N–H and O–H groups in total. The fourth-order valence-electron chi connectivity index (χ4n) is 1.76. The monoisotopic (exact) mass is 246 g/mol. The summed E-state index contributed by atoms with van der Waals surface area (Å²) in [5.41, 5.74) is 6.34. The van der Waals surface area contributed by atoms with Gasteiger partial charge in [-0.3, -0.25) is 5.10 Å². The first-order chi connectivity index (χ1) is 8.79. The van der Waals surface area contributed by atoms with Gasteiger partial charge >= 0.3 is 0 Å². The fraction of sp³-hybridized carbons (Fsp3) is 0.385. The van der Waals surface area contributed by atoms with Gasteiger partial charge in [-0.2, -0.15) is 5.10 Å². The summed E-state index contributed by atoms with van der Waals surface area (Å²) in [6.07, 6.45) is 4.14. The van der Waals surface area contributed by atoms with E-state index >= 15 is 0 Å². The van der Waals surface area contributed by atoms with E-state index in [-0.39, 0.29) is 5.75 Å². The molecule has 0 atom stereocenters. The molecule has 5 heteroatoms. The molecule has 1 heterocycles. The molecule has 0 unspecified atom stereocenters. The van der Waals surface area contributed by atoms with Crippen LogP contribution in [0, 0.1) is 0 Å². The van der Waals surface area contributed by atoms with Gasteiger partial charge in [-0.25, -0.2) is 4.98 Å². The molecule has 0 fully saturated rings. The number of unbranched alkanes of at least 4 members (excludes halogenated alkanes) is 2. The maximum atomic E-state index is 9.22. The van der Waals surface area contributed by atoms with Crippen molar-refractivity contribution in [3.63, 3.8) is 0 Å².